The van der Waals surface area contributed by atoms with Gasteiger partial charge in [0.1, 0.15) is 5.82 Å². The lowest BCUT2D eigenvalue weighted by Gasteiger charge is -2.22. The van der Waals surface area contributed by atoms with Crippen LogP contribution in [-0.2, 0) is 0 Å². The van der Waals surface area contributed by atoms with E-state index in [1.54, 1.807) is 0 Å². The van der Waals surface area contributed by atoms with Crippen molar-refractivity contribution < 1.29 is 0 Å². The van der Waals surface area contributed by atoms with Crippen LogP contribution in [0.3, 0.4) is 0 Å². The molecule has 0 amide bonds. The minimum absolute atomic E-state index is 0.751. The first-order valence-electron chi connectivity index (χ1n) is 5.53. The molecule has 14 heavy (non-hydrogen) atoms. The Bertz CT molecular complexity index is 274. The Kier molecular flexibility index (Phi) is 2.96. The first-order chi connectivity index (χ1) is 6.86. The molecule has 1 heterocycles. The standard InChI is InChI=1S/C11H19N3/c12-11-10(6-7-13-11)14-8-9-4-2-1-3-5-9/h6-7,9,13-14H,1-5,8,12H2. The maximum Gasteiger partial charge on any atom is 0.124 e. The van der Waals surface area contributed by atoms with E-state index in [0.717, 1.165) is 24.0 Å². The predicted molar refractivity (Wildman–Crippen MR) is 60.3 cm³/mol. The van der Waals surface area contributed by atoms with Gasteiger partial charge in [-0.25, -0.2) is 0 Å². The van der Waals surface area contributed by atoms with Crippen molar-refractivity contribution in [2.75, 3.05) is 17.6 Å². The number of aromatic amines is 1. The van der Waals surface area contributed by atoms with Gasteiger partial charge in [-0.05, 0) is 24.8 Å². The van der Waals surface area contributed by atoms with Crippen molar-refractivity contribution in [3.05, 3.63) is 12.3 Å². The van der Waals surface area contributed by atoms with E-state index >= 15 is 0 Å². The van der Waals surface area contributed by atoms with E-state index in [4.69, 9.17) is 5.73 Å². The zero-order chi connectivity index (χ0) is 9.80. The zero-order valence-corrected chi connectivity index (χ0v) is 8.55. The van der Waals surface area contributed by atoms with Crippen LogP contribution in [0.4, 0.5) is 11.5 Å². The van der Waals surface area contributed by atoms with E-state index in [-0.39, 0.29) is 0 Å². The molecule has 1 aliphatic carbocycles. The van der Waals surface area contributed by atoms with Crippen LogP contribution in [0, 0.1) is 5.92 Å². The SMILES string of the molecule is Nc1[nH]ccc1NCC1CCCCC1. The molecule has 1 aliphatic rings. The molecule has 0 unspecified atom stereocenters. The highest BCUT2D eigenvalue weighted by molar-refractivity contribution is 5.61. The average molecular weight is 193 g/mol. The molecule has 2 rings (SSSR count). The molecule has 0 spiro atoms. The topological polar surface area (TPSA) is 53.8 Å². The summed E-state index contributed by atoms with van der Waals surface area (Å²) in [5.74, 6) is 1.60. The second-order valence-electron chi connectivity index (χ2n) is 4.19. The van der Waals surface area contributed by atoms with Crippen molar-refractivity contribution in [2.24, 2.45) is 5.92 Å². The van der Waals surface area contributed by atoms with Gasteiger partial charge < -0.3 is 16.0 Å². The number of hydrogen-bond donors (Lipinski definition) is 3. The average Bonchev–Trinajstić information content (AvgIpc) is 2.63. The highest BCUT2D eigenvalue weighted by atomic mass is 15.0. The van der Waals surface area contributed by atoms with Gasteiger partial charge >= 0.3 is 0 Å². The van der Waals surface area contributed by atoms with E-state index in [1.165, 1.54) is 32.1 Å². The summed E-state index contributed by atoms with van der Waals surface area (Å²) in [4.78, 5) is 2.97. The molecule has 3 heteroatoms. The van der Waals surface area contributed by atoms with E-state index in [0.29, 0.717) is 0 Å². The molecule has 0 saturated heterocycles. The molecule has 0 atom stereocenters. The fourth-order valence-corrected chi connectivity index (χ4v) is 2.18. The van der Waals surface area contributed by atoms with Crippen LogP contribution in [0.1, 0.15) is 32.1 Å². The largest absolute Gasteiger partial charge is 0.384 e. The van der Waals surface area contributed by atoms with Crippen molar-refractivity contribution >= 4 is 11.5 Å². The summed E-state index contributed by atoms with van der Waals surface area (Å²) in [5, 5.41) is 3.41. The van der Waals surface area contributed by atoms with E-state index < -0.39 is 0 Å². The predicted octanol–water partition coefficient (Wildman–Crippen LogP) is 2.59. The lowest BCUT2D eigenvalue weighted by molar-refractivity contribution is 0.373. The molecule has 3 nitrogen and oxygen atoms in total. The van der Waals surface area contributed by atoms with Gasteiger partial charge in [-0.3, -0.25) is 0 Å². The van der Waals surface area contributed by atoms with Crippen molar-refractivity contribution in [3.63, 3.8) is 0 Å². The lowest BCUT2D eigenvalue weighted by Crippen LogP contribution is -2.17. The summed E-state index contributed by atoms with van der Waals surface area (Å²) in [7, 11) is 0. The van der Waals surface area contributed by atoms with Gasteiger partial charge in [0.2, 0.25) is 0 Å². The second kappa shape index (κ2) is 4.40. The third-order valence-electron chi connectivity index (χ3n) is 3.08. The number of hydrogen-bond acceptors (Lipinski definition) is 2. The summed E-state index contributed by atoms with van der Waals surface area (Å²) in [5.41, 5.74) is 6.79. The van der Waals surface area contributed by atoms with Crippen molar-refractivity contribution in [2.45, 2.75) is 32.1 Å². The Morgan fingerprint density at radius 1 is 1.36 bits per heavy atom. The molecule has 0 aliphatic heterocycles. The number of nitrogens with two attached hydrogens (primary N) is 1. The van der Waals surface area contributed by atoms with E-state index in [1.807, 2.05) is 12.3 Å². The molecule has 0 aromatic carbocycles. The van der Waals surface area contributed by atoms with Crippen LogP contribution in [0.25, 0.3) is 0 Å². The maximum atomic E-state index is 5.74. The van der Waals surface area contributed by atoms with Gasteiger partial charge in [0.25, 0.3) is 0 Å². The zero-order valence-electron chi connectivity index (χ0n) is 8.55. The molecule has 1 saturated carbocycles. The van der Waals surface area contributed by atoms with Crippen molar-refractivity contribution in [1.82, 2.24) is 4.98 Å². The number of nitrogen functional groups attached to an aromatic ring is 1. The van der Waals surface area contributed by atoms with Crippen LogP contribution < -0.4 is 11.1 Å². The summed E-state index contributed by atoms with van der Waals surface area (Å²) >= 11 is 0. The summed E-state index contributed by atoms with van der Waals surface area (Å²) in [6.07, 6.45) is 8.83. The van der Waals surface area contributed by atoms with Crippen LogP contribution in [0.2, 0.25) is 0 Å². The monoisotopic (exact) mass is 193 g/mol. The number of anilines is 2. The second-order valence-corrected chi connectivity index (χ2v) is 4.19. The molecular weight excluding hydrogens is 174 g/mol. The first kappa shape index (κ1) is 9.44. The Labute approximate surface area is 85.1 Å². The lowest BCUT2D eigenvalue weighted by atomic mass is 9.89. The van der Waals surface area contributed by atoms with Gasteiger partial charge in [-0.2, -0.15) is 0 Å². The number of rotatable bonds is 3. The molecule has 1 aromatic heterocycles. The molecule has 4 N–H and O–H groups in total. The van der Waals surface area contributed by atoms with Crippen molar-refractivity contribution in [1.29, 1.82) is 0 Å². The highest BCUT2D eigenvalue weighted by Crippen LogP contribution is 2.24. The van der Waals surface area contributed by atoms with E-state index in [2.05, 4.69) is 10.3 Å². The Morgan fingerprint density at radius 2 is 2.14 bits per heavy atom. The summed E-state index contributed by atoms with van der Waals surface area (Å²) in [6, 6.07) is 2.00. The number of aromatic nitrogens is 1. The van der Waals surface area contributed by atoms with Crippen LogP contribution in [-0.4, -0.2) is 11.5 Å². The Hall–Kier alpha value is -1.12. The molecule has 0 radical (unpaired) electrons. The van der Waals surface area contributed by atoms with Gasteiger partial charge in [0.05, 0.1) is 5.69 Å². The fraction of sp³-hybridized carbons (Fsp3) is 0.636. The normalized spacial score (nSPS) is 18.3. The fourth-order valence-electron chi connectivity index (χ4n) is 2.18. The minimum Gasteiger partial charge on any atom is -0.384 e. The van der Waals surface area contributed by atoms with E-state index in [9.17, 15) is 0 Å². The molecule has 78 valence electrons. The molecular formula is C11H19N3. The van der Waals surface area contributed by atoms with Crippen LogP contribution in [0.15, 0.2) is 12.3 Å². The van der Waals surface area contributed by atoms with Gasteiger partial charge in [0.15, 0.2) is 0 Å². The molecule has 1 fully saturated rings. The Balaban J connectivity index is 1.79. The first-order valence-corrected chi connectivity index (χ1v) is 5.53. The molecule has 0 bridgehead atoms. The van der Waals surface area contributed by atoms with Crippen molar-refractivity contribution in [3.8, 4) is 0 Å². The minimum atomic E-state index is 0.751. The Morgan fingerprint density at radius 3 is 2.79 bits per heavy atom. The molecule has 1 aromatic rings. The maximum absolute atomic E-state index is 5.74. The quantitative estimate of drug-likeness (QED) is 0.691. The third-order valence-corrected chi connectivity index (χ3v) is 3.08. The summed E-state index contributed by atoms with van der Waals surface area (Å²) < 4.78 is 0. The number of nitrogens with one attached hydrogen (secondary N) is 2. The number of H-pyrrole nitrogens is 1. The smallest absolute Gasteiger partial charge is 0.124 e. The third kappa shape index (κ3) is 2.22. The van der Waals surface area contributed by atoms with Crippen LogP contribution in [0.5, 0.6) is 0 Å². The van der Waals surface area contributed by atoms with Gasteiger partial charge in [-0.15, -0.1) is 0 Å². The van der Waals surface area contributed by atoms with Gasteiger partial charge in [0, 0.05) is 12.7 Å². The van der Waals surface area contributed by atoms with Gasteiger partial charge in [-0.1, -0.05) is 19.3 Å². The van der Waals surface area contributed by atoms with Crippen LogP contribution >= 0.6 is 0 Å². The highest BCUT2D eigenvalue weighted by Gasteiger charge is 2.13. The summed E-state index contributed by atoms with van der Waals surface area (Å²) in [6.45, 7) is 1.07.